The molecule has 26 heavy (non-hydrogen) atoms. The van der Waals surface area contributed by atoms with Gasteiger partial charge in [-0.1, -0.05) is 18.6 Å². The number of amides is 2. The van der Waals surface area contributed by atoms with Crippen LogP contribution in [0.2, 0.25) is 0 Å². The van der Waals surface area contributed by atoms with Crippen LogP contribution in [0.3, 0.4) is 0 Å². The van der Waals surface area contributed by atoms with E-state index in [4.69, 9.17) is 5.26 Å². The first-order chi connectivity index (χ1) is 12.4. The lowest BCUT2D eigenvalue weighted by atomic mass is 10.1. The van der Waals surface area contributed by atoms with Gasteiger partial charge in [-0.3, -0.25) is 24.0 Å². The van der Waals surface area contributed by atoms with Crippen LogP contribution < -0.4 is 10.2 Å². The maximum atomic E-state index is 12.8. The monoisotopic (exact) mass is 351 g/mol. The second-order valence-corrected chi connectivity index (χ2v) is 6.08. The van der Waals surface area contributed by atoms with Crippen molar-refractivity contribution in [3.05, 3.63) is 41.1 Å². The molecule has 0 radical (unpaired) electrons. The molecule has 0 saturated heterocycles. The molecule has 1 N–H and O–H groups in total. The van der Waals surface area contributed by atoms with Gasteiger partial charge >= 0.3 is 0 Å². The Hall–Kier alpha value is -3.47. The van der Waals surface area contributed by atoms with Gasteiger partial charge in [-0.2, -0.15) is 10.4 Å². The highest BCUT2D eigenvalue weighted by atomic mass is 16.2. The first-order valence-corrected chi connectivity index (χ1v) is 8.10. The van der Waals surface area contributed by atoms with Crippen molar-refractivity contribution in [1.82, 2.24) is 9.78 Å². The van der Waals surface area contributed by atoms with Crippen LogP contribution in [0.5, 0.6) is 0 Å². The van der Waals surface area contributed by atoms with E-state index in [1.807, 2.05) is 13.0 Å². The van der Waals surface area contributed by atoms with Gasteiger partial charge in [-0.05, 0) is 25.5 Å². The summed E-state index contributed by atoms with van der Waals surface area (Å²) in [5, 5.41) is 15.7. The molecule has 0 fully saturated rings. The van der Waals surface area contributed by atoms with Crippen molar-refractivity contribution in [3.63, 3.8) is 0 Å². The molecule has 1 aliphatic heterocycles. The van der Waals surface area contributed by atoms with E-state index in [0.29, 0.717) is 17.7 Å². The third-order valence-corrected chi connectivity index (χ3v) is 4.37. The minimum atomic E-state index is -0.878. The third-order valence-electron chi connectivity index (χ3n) is 4.37. The minimum Gasteiger partial charge on any atom is -0.308 e. The van der Waals surface area contributed by atoms with Crippen molar-refractivity contribution >= 4 is 29.1 Å². The number of carbonyl (C=O) groups is 3. The number of benzene rings is 1. The van der Waals surface area contributed by atoms with Crippen LogP contribution in [0.15, 0.2) is 24.4 Å². The lowest BCUT2D eigenvalue weighted by Gasteiger charge is -2.26. The Morgan fingerprint density at radius 1 is 1.38 bits per heavy atom. The number of aromatic nitrogens is 2. The highest BCUT2D eigenvalue weighted by Crippen LogP contribution is 2.32. The summed E-state index contributed by atoms with van der Waals surface area (Å²) in [6, 6.07) is 6.19. The zero-order valence-corrected chi connectivity index (χ0v) is 14.6. The van der Waals surface area contributed by atoms with E-state index in [1.54, 1.807) is 32.2 Å². The maximum absolute atomic E-state index is 12.8. The second-order valence-electron chi connectivity index (χ2n) is 6.08. The number of hydrogen-bond acceptors (Lipinski definition) is 5. The number of nitriles is 1. The molecule has 2 aromatic rings. The molecule has 1 aliphatic rings. The smallest absolute Gasteiger partial charge is 0.300 e. The highest BCUT2D eigenvalue weighted by molar-refractivity contribution is 6.53. The molecule has 1 aromatic heterocycles. The fraction of sp³-hybridized carbons (Fsp3) is 0.278. The fourth-order valence-electron chi connectivity index (χ4n) is 3.04. The van der Waals surface area contributed by atoms with E-state index < -0.39 is 23.6 Å². The van der Waals surface area contributed by atoms with Gasteiger partial charge in [0, 0.05) is 7.05 Å². The Bertz CT molecular complexity index is 970. The summed E-state index contributed by atoms with van der Waals surface area (Å²) in [4.78, 5) is 38.8. The van der Waals surface area contributed by atoms with Crippen molar-refractivity contribution in [1.29, 1.82) is 5.26 Å². The van der Waals surface area contributed by atoms with Crippen LogP contribution in [0.25, 0.3) is 0 Å². The first kappa shape index (κ1) is 17.4. The number of nitrogens with one attached hydrogen (secondary N) is 1. The molecule has 8 nitrogen and oxygen atoms in total. The van der Waals surface area contributed by atoms with Crippen molar-refractivity contribution in [2.45, 2.75) is 26.3 Å². The molecule has 0 bridgehead atoms. The highest BCUT2D eigenvalue weighted by Gasteiger charge is 2.42. The lowest BCUT2D eigenvalue weighted by Crippen LogP contribution is -2.46. The van der Waals surface area contributed by atoms with Gasteiger partial charge in [0.2, 0.25) is 5.91 Å². The van der Waals surface area contributed by atoms with Gasteiger partial charge < -0.3 is 5.32 Å². The number of fused-ring (bicyclic) bond motifs is 1. The molecule has 1 unspecified atom stereocenters. The Morgan fingerprint density at radius 2 is 2.12 bits per heavy atom. The minimum absolute atomic E-state index is 0.218. The topological polar surface area (TPSA) is 108 Å². The Labute approximate surface area is 150 Å². The SMILES string of the molecule is CCC(C(=O)Nc1c(C#N)cnn1C)N1C(=O)C(=O)c2cc(C)ccc21. The molecule has 132 valence electrons. The number of hydrogen-bond donors (Lipinski definition) is 1. The van der Waals surface area contributed by atoms with Gasteiger partial charge in [-0.15, -0.1) is 0 Å². The average molecular weight is 351 g/mol. The molecule has 0 spiro atoms. The Balaban J connectivity index is 1.96. The Morgan fingerprint density at radius 3 is 2.77 bits per heavy atom. The van der Waals surface area contributed by atoms with Crippen LogP contribution in [0.1, 0.15) is 34.8 Å². The Kier molecular flexibility index (Phi) is 4.30. The molecule has 2 amide bonds. The molecular formula is C18H17N5O3. The summed E-state index contributed by atoms with van der Waals surface area (Å²) in [5.41, 5.74) is 1.81. The van der Waals surface area contributed by atoms with E-state index >= 15 is 0 Å². The van der Waals surface area contributed by atoms with Gasteiger partial charge in [0.15, 0.2) is 0 Å². The molecule has 0 aliphatic carbocycles. The van der Waals surface area contributed by atoms with Crippen molar-refractivity contribution in [2.75, 3.05) is 10.2 Å². The number of carbonyl (C=O) groups excluding carboxylic acids is 3. The quantitative estimate of drug-likeness (QED) is 0.841. The fourth-order valence-corrected chi connectivity index (χ4v) is 3.04. The largest absolute Gasteiger partial charge is 0.308 e. The standard InChI is InChI=1S/C18H17N5O3/c1-4-13(17(25)21-16-11(8-19)9-20-22(16)3)23-14-6-5-10(2)7-12(14)15(24)18(23)26/h5-7,9,13H,4H2,1-3H3,(H,21,25). The van der Waals surface area contributed by atoms with Crippen LogP contribution in [0, 0.1) is 18.3 Å². The number of ketones is 1. The van der Waals surface area contributed by atoms with Gasteiger partial charge in [-0.25, -0.2) is 0 Å². The summed E-state index contributed by atoms with van der Waals surface area (Å²) < 4.78 is 1.37. The van der Waals surface area contributed by atoms with Crippen molar-refractivity contribution in [3.8, 4) is 6.07 Å². The lowest BCUT2D eigenvalue weighted by molar-refractivity contribution is -0.121. The maximum Gasteiger partial charge on any atom is 0.300 e. The second kappa shape index (κ2) is 6.44. The number of anilines is 2. The van der Waals surface area contributed by atoms with Gasteiger partial charge in [0.05, 0.1) is 17.4 Å². The molecule has 1 aromatic carbocycles. The zero-order valence-electron chi connectivity index (χ0n) is 14.6. The number of rotatable bonds is 4. The van der Waals surface area contributed by atoms with E-state index in [1.165, 1.54) is 15.8 Å². The van der Waals surface area contributed by atoms with E-state index in [9.17, 15) is 14.4 Å². The predicted octanol–water partition coefficient (Wildman–Crippen LogP) is 1.55. The number of aryl methyl sites for hydroxylation is 2. The van der Waals surface area contributed by atoms with Crippen molar-refractivity contribution in [2.24, 2.45) is 7.05 Å². The molecule has 8 heteroatoms. The normalized spacial score (nSPS) is 14.2. The van der Waals surface area contributed by atoms with Crippen LogP contribution in [-0.4, -0.2) is 33.4 Å². The third kappa shape index (κ3) is 2.63. The van der Waals surface area contributed by atoms with Crippen molar-refractivity contribution < 1.29 is 14.4 Å². The van der Waals surface area contributed by atoms with Crippen LogP contribution >= 0.6 is 0 Å². The number of nitrogens with zero attached hydrogens (tertiary/aromatic N) is 4. The number of Topliss-reactive ketones (excluding diaryl/α,β-unsaturated/α-hetero) is 1. The van der Waals surface area contributed by atoms with Crippen LogP contribution in [-0.2, 0) is 16.6 Å². The molecule has 2 heterocycles. The summed E-state index contributed by atoms with van der Waals surface area (Å²) in [6.07, 6.45) is 1.65. The first-order valence-electron chi connectivity index (χ1n) is 8.10. The average Bonchev–Trinajstić information content (AvgIpc) is 3.08. The summed E-state index contributed by atoms with van der Waals surface area (Å²) in [7, 11) is 1.60. The van der Waals surface area contributed by atoms with Gasteiger partial charge in [0.1, 0.15) is 23.5 Å². The van der Waals surface area contributed by atoms with E-state index in [0.717, 1.165) is 5.56 Å². The van der Waals surface area contributed by atoms with Crippen LogP contribution in [0.4, 0.5) is 11.5 Å². The molecule has 3 rings (SSSR count). The summed E-state index contributed by atoms with van der Waals surface area (Å²) in [5.74, 6) is -1.58. The molecule has 0 saturated carbocycles. The zero-order chi connectivity index (χ0) is 19.0. The molecular weight excluding hydrogens is 334 g/mol. The van der Waals surface area contributed by atoms with Gasteiger partial charge in [0.25, 0.3) is 11.7 Å². The predicted molar refractivity (Wildman–Crippen MR) is 93.6 cm³/mol. The van der Waals surface area contributed by atoms with E-state index in [2.05, 4.69) is 10.4 Å². The summed E-state index contributed by atoms with van der Waals surface area (Å²) >= 11 is 0. The summed E-state index contributed by atoms with van der Waals surface area (Å²) in [6.45, 7) is 3.58. The van der Waals surface area contributed by atoms with E-state index in [-0.39, 0.29) is 11.4 Å². The molecule has 1 atom stereocenters.